The molecule has 2 aromatic carbocycles. The van der Waals surface area contributed by atoms with Crippen LogP contribution in [0.3, 0.4) is 0 Å². The fourth-order valence-electron chi connectivity index (χ4n) is 5.59. The van der Waals surface area contributed by atoms with Crippen molar-refractivity contribution in [3.8, 4) is 16.9 Å². The molecule has 3 heterocycles. The van der Waals surface area contributed by atoms with E-state index in [9.17, 15) is 19.2 Å². The maximum absolute atomic E-state index is 13.4. The number of amides is 3. The lowest BCUT2D eigenvalue weighted by Gasteiger charge is -2.24. The molecule has 0 bridgehead atoms. The molecular weight excluding hydrogens is 586 g/mol. The van der Waals surface area contributed by atoms with E-state index in [0.29, 0.717) is 30.9 Å². The Morgan fingerprint density at radius 3 is 2.43 bits per heavy atom. The normalized spacial score (nSPS) is 14.6. The zero-order valence-corrected chi connectivity index (χ0v) is 26.5. The summed E-state index contributed by atoms with van der Waals surface area (Å²) in [7, 11) is 1.59. The highest BCUT2D eigenvalue weighted by Gasteiger charge is 2.34. The van der Waals surface area contributed by atoms with E-state index in [4.69, 9.17) is 9.47 Å². The number of alkyl carbamates (subject to hydrolysis) is 1. The molecule has 240 valence electrons. The summed E-state index contributed by atoms with van der Waals surface area (Å²) in [5, 5.41) is 6.43. The number of ether oxygens (including phenoxy) is 2. The van der Waals surface area contributed by atoms with Crippen LogP contribution < -0.4 is 20.9 Å². The zero-order chi connectivity index (χ0) is 32.8. The fraction of sp³-hybridized carbons (Fsp3) is 0.343. The summed E-state index contributed by atoms with van der Waals surface area (Å²) < 4.78 is 12.4. The van der Waals surface area contributed by atoms with Gasteiger partial charge in [-0.2, -0.15) is 0 Å². The van der Waals surface area contributed by atoms with Gasteiger partial charge >= 0.3 is 6.09 Å². The van der Waals surface area contributed by atoms with Crippen LogP contribution >= 0.6 is 0 Å². The molecule has 1 atom stereocenters. The molecule has 5 rings (SSSR count). The van der Waals surface area contributed by atoms with E-state index in [1.54, 1.807) is 67.9 Å². The first-order valence-electron chi connectivity index (χ1n) is 15.3. The molecule has 1 saturated heterocycles. The monoisotopic (exact) mass is 625 g/mol. The van der Waals surface area contributed by atoms with Crippen LogP contribution in [0.4, 0.5) is 10.5 Å². The van der Waals surface area contributed by atoms with E-state index < -0.39 is 17.7 Å². The minimum atomic E-state index is -0.628. The van der Waals surface area contributed by atoms with Crippen LogP contribution in [0.2, 0.25) is 0 Å². The van der Waals surface area contributed by atoms with Crippen LogP contribution in [0.5, 0.6) is 5.75 Å². The predicted octanol–water partition coefficient (Wildman–Crippen LogP) is 4.96. The van der Waals surface area contributed by atoms with Gasteiger partial charge in [-0.05, 0) is 86.7 Å². The van der Waals surface area contributed by atoms with Crippen molar-refractivity contribution >= 4 is 34.5 Å². The number of benzene rings is 2. The molecule has 0 spiro atoms. The lowest BCUT2D eigenvalue weighted by molar-refractivity contribution is -0.136. The Bertz CT molecular complexity index is 1780. The van der Waals surface area contributed by atoms with Gasteiger partial charge in [0.25, 0.3) is 5.56 Å². The van der Waals surface area contributed by atoms with Gasteiger partial charge in [0.1, 0.15) is 17.4 Å². The minimum absolute atomic E-state index is 0.0706. The van der Waals surface area contributed by atoms with Crippen molar-refractivity contribution in [1.29, 1.82) is 0 Å². The van der Waals surface area contributed by atoms with Gasteiger partial charge in [-0.15, -0.1) is 0 Å². The van der Waals surface area contributed by atoms with Crippen molar-refractivity contribution in [3.63, 3.8) is 0 Å². The third-order valence-corrected chi connectivity index (χ3v) is 7.76. The number of carbonyl (C=O) groups excluding carboxylic acids is 3. The predicted molar refractivity (Wildman–Crippen MR) is 176 cm³/mol. The number of pyridine rings is 2. The Labute approximate surface area is 267 Å². The number of methoxy groups -OCH3 is 1. The summed E-state index contributed by atoms with van der Waals surface area (Å²) in [6.45, 7) is 6.22. The van der Waals surface area contributed by atoms with Gasteiger partial charge in [-0.1, -0.05) is 12.1 Å². The summed E-state index contributed by atoms with van der Waals surface area (Å²) in [6, 6.07) is 17.8. The van der Waals surface area contributed by atoms with Gasteiger partial charge in [0.05, 0.1) is 19.2 Å². The van der Waals surface area contributed by atoms with Crippen molar-refractivity contribution < 1.29 is 23.9 Å². The van der Waals surface area contributed by atoms with Crippen LogP contribution in [-0.2, 0) is 20.9 Å². The molecule has 1 aliphatic rings. The van der Waals surface area contributed by atoms with E-state index in [0.717, 1.165) is 34.0 Å². The Morgan fingerprint density at radius 2 is 1.74 bits per heavy atom. The molecule has 3 amide bonds. The smallest absolute Gasteiger partial charge is 0.407 e. The standard InChI is InChI=1S/C35H39N5O6/c1-35(2,3)46-34(44)37-18-15-31(41)39-19-5-6-29(39)33(43)38-25-9-7-23(8-10-25)22-40-30-20-26(45-4)11-12-27(30)28(21-32(40)42)24-13-16-36-17-14-24/h7-14,16-17,20-21,29H,5-6,15,18-19,22H2,1-4H3,(H,37,44)(H,38,43)/t29-/m0/s1. The first-order chi connectivity index (χ1) is 22.0. The molecule has 0 unspecified atom stereocenters. The second kappa shape index (κ2) is 13.8. The highest BCUT2D eigenvalue weighted by molar-refractivity contribution is 5.98. The van der Waals surface area contributed by atoms with Gasteiger partial charge in [0.15, 0.2) is 0 Å². The molecule has 4 aromatic rings. The van der Waals surface area contributed by atoms with Crippen molar-refractivity contribution in [3.05, 3.63) is 89.0 Å². The highest BCUT2D eigenvalue weighted by Crippen LogP contribution is 2.30. The van der Waals surface area contributed by atoms with Gasteiger partial charge in [-0.3, -0.25) is 19.4 Å². The Kier molecular flexibility index (Phi) is 9.69. The van der Waals surface area contributed by atoms with Crippen LogP contribution in [0.25, 0.3) is 22.0 Å². The maximum Gasteiger partial charge on any atom is 0.407 e. The number of fused-ring (bicyclic) bond motifs is 1. The summed E-state index contributed by atoms with van der Waals surface area (Å²) in [5.41, 5.74) is 3.13. The molecule has 11 nitrogen and oxygen atoms in total. The number of hydrogen-bond acceptors (Lipinski definition) is 7. The number of aromatic nitrogens is 2. The number of nitrogens with zero attached hydrogens (tertiary/aromatic N) is 3. The van der Waals surface area contributed by atoms with Crippen molar-refractivity contribution in [2.24, 2.45) is 0 Å². The highest BCUT2D eigenvalue weighted by atomic mass is 16.6. The van der Waals surface area contributed by atoms with Gasteiger partial charge in [0.2, 0.25) is 11.8 Å². The molecule has 0 saturated carbocycles. The summed E-state index contributed by atoms with van der Waals surface area (Å²) >= 11 is 0. The average Bonchev–Trinajstić information content (AvgIpc) is 3.53. The number of rotatable bonds is 9. The molecule has 11 heteroatoms. The Hall–Kier alpha value is -5.19. The zero-order valence-electron chi connectivity index (χ0n) is 26.5. The number of likely N-dealkylation sites (tertiary alicyclic amines) is 1. The van der Waals surface area contributed by atoms with Crippen LogP contribution in [0.15, 0.2) is 77.9 Å². The van der Waals surface area contributed by atoms with Crippen LogP contribution in [-0.4, -0.2) is 64.2 Å². The van der Waals surface area contributed by atoms with Gasteiger partial charge < -0.3 is 29.6 Å². The van der Waals surface area contributed by atoms with E-state index in [2.05, 4.69) is 15.6 Å². The molecule has 2 aromatic heterocycles. The van der Waals surface area contributed by atoms with E-state index in [-0.39, 0.29) is 30.3 Å². The Balaban J connectivity index is 1.25. The van der Waals surface area contributed by atoms with Crippen molar-refractivity contribution in [2.75, 3.05) is 25.5 Å². The lowest BCUT2D eigenvalue weighted by Crippen LogP contribution is -2.44. The quantitative estimate of drug-likeness (QED) is 0.269. The SMILES string of the molecule is COc1ccc2c(-c3ccncc3)cc(=O)n(Cc3ccc(NC(=O)[C@@H]4CCCN4C(=O)CCNC(=O)OC(C)(C)C)cc3)c2c1. The molecule has 2 N–H and O–H groups in total. The van der Waals surface area contributed by atoms with Gasteiger partial charge in [-0.25, -0.2) is 4.79 Å². The largest absolute Gasteiger partial charge is 0.497 e. The number of anilines is 1. The second-order valence-electron chi connectivity index (χ2n) is 12.2. The summed E-state index contributed by atoms with van der Waals surface area (Å²) in [4.78, 5) is 57.0. The molecule has 46 heavy (non-hydrogen) atoms. The Morgan fingerprint density at radius 1 is 1.00 bits per heavy atom. The summed E-state index contributed by atoms with van der Waals surface area (Å²) in [5.74, 6) is 0.178. The van der Waals surface area contributed by atoms with E-state index >= 15 is 0 Å². The van der Waals surface area contributed by atoms with Gasteiger partial charge in [0, 0.05) is 55.1 Å². The number of nitrogens with one attached hydrogen (secondary N) is 2. The minimum Gasteiger partial charge on any atom is -0.497 e. The fourth-order valence-corrected chi connectivity index (χ4v) is 5.59. The average molecular weight is 626 g/mol. The summed E-state index contributed by atoms with van der Waals surface area (Å²) in [6.07, 6.45) is 4.16. The third kappa shape index (κ3) is 7.71. The topological polar surface area (TPSA) is 132 Å². The number of carbonyl (C=O) groups is 3. The molecular formula is C35H39N5O6. The first-order valence-corrected chi connectivity index (χ1v) is 15.3. The maximum atomic E-state index is 13.4. The van der Waals surface area contributed by atoms with Crippen molar-refractivity contribution in [2.45, 2.75) is 58.2 Å². The van der Waals surface area contributed by atoms with Crippen molar-refractivity contribution in [1.82, 2.24) is 19.8 Å². The molecule has 1 fully saturated rings. The van der Waals surface area contributed by atoms with E-state index in [1.807, 2.05) is 42.5 Å². The lowest BCUT2D eigenvalue weighted by atomic mass is 10.0. The van der Waals surface area contributed by atoms with Crippen LogP contribution in [0, 0.1) is 0 Å². The van der Waals surface area contributed by atoms with Crippen LogP contribution in [0.1, 0.15) is 45.6 Å². The number of hydrogen-bond donors (Lipinski definition) is 2. The van der Waals surface area contributed by atoms with E-state index in [1.165, 1.54) is 0 Å². The first kappa shape index (κ1) is 32.2. The molecule has 1 aliphatic heterocycles. The molecule has 0 radical (unpaired) electrons. The second-order valence-corrected chi connectivity index (χ2v) is 12.2. The molecule has 0 aliphatic carbocycles. The third-order valence-electron chi connectivity index (χ3n) is 7.76.